The van der Waals surface area contributed by atoms with E-state index in [9.17, 15) is 51.7 Å². The zero-order chi connectivity index (χ0) is 38.8. The summed E-state index contributed by atoms with van der Waals surface area (Å²) < 4.78 is 78.6. The molecule has 0 heterocycles. The molecule has 0 bridgehead atoms. The van der Waals surface area contributed by atoms with Gasteiger partial charge in [0.25, 0.3) is 11.8 Å². The van der Waals surface area contributed by atoms with Gasteiger partial charge in [-0.2, -0.15) is 32.5 Å². The van der Waals surface area contributed by atoms with Gasteiger partial charge in [-0.25, -0.2) is 0 Å². The number of alkyl halides is 5. The number of nitrogens with zero attached hydrogens (tertiary/aromatic N) is 2. The highest BCUT2D eigenvalue weighted by Crippen LogP contribution is 2.25. The number of benzene rings is 3. The highest BCUT2D eigenvalue weighted by molar-refractivity contribution is 6.30. The molecule has 3 rings (SSSR count). The average Bonchev–Trinajstić information content (AvgIpc) is 3.10. The van der Waals surface area contributed by atoms with E-state index in [2.05, 4.69) is 10.6 Å². The highest BCUT2D eigenvalue weighted by Gasteiger charge is 2.52. The van der Waals surface area contributed by atoms with E-state index in [1.165, 1.54) is 69.5 Å². The fourth-order valence-electron chi connectivity index (χ4n) is 4.73. The summed E-state index contributed by atoms with van der Waals surface area (Å²) in [6.45, 7) is 0.358. The van der Waals surface area contributed by atoms with Crippen molar-refractivity contribution in [2.45, 2.75) is 50.6 Å². The van der Waals surface area contributed by atoms with Gasteiger partial charge in [0.05, 0.1) is 36.4 Å². The lowest BCUT2D eigenvalue weighted by molar-refractivity contribution is -0.165. The maximum atomic E-state index is 14.9. The van der Waals surface area contributed by atoms with Crippen LogP contribution in [0.5, 0.6) is 11.5 Å². The lowest BCUT2D eigenvalue weighted by Crippen LogP contribution is -2.58. The number of ketones is 1. The Morgan fingerprint density at radius 1 is 0.846 bits per heavy atom. The molecule has 0 unspecified atom stereocenters. The number of Topliss-reactive ketones (excluding diaryl/α,β-unsaturated/α-hetero) is 1. The van der Waals surface area contributed by atoms with Crippen LogP contribution in [0.1, 0.15) is 42.1 Å². The Balaban J connectivity index is 2.01. The van der Waals surface area contributed by atoms with Gasteiger partial charge < -0.3 is 25.4 Å². The molecule has 3 amide bonds. The molecular formula is C35H31ClF5N5O6. The van der Waals surface area contributed by atoms with Gasteiger partial charge in [-0.1, -0.05) is 49.7 Å². The van der Waals surface area contributed by atoms with E-state index >= 15 is 0 Å². The molecule has 52 heavy (non-hydrogen) atoms. The van der Waals surface area contributed by atoms with Crippen LogP contribution >= 0.6 is 11.6 Å². The molecule has 0 saturated carbocycles. The molecule has 0 aliphatic heterocycles. The molecular weight excluding hydrogens is 717 g/mol. The summed E-state index contributed by atoms with van der Waals surface area (Å²) in [5.41, 5.74) is 0.641. The van der Waals surface area contributed by atoms with Crippen molar-refractivity contribution in [1.29, 1.82) is 10.5 Å². The molecule has 0 fully saturated rings. The van der Waals surface area contributed by atoms with E-state index in [0.717, 1.165) is 5.32 Å². The van der Waals surface area contributed by atoms with Crippen LogP contribution in [0.4, 0.5) is 22.0 Å². The second kappa shape index (κ2) is 17.5. The third-order valence-corrected chi connectivity index (χ3v) is 7.57. The van der Waals surface area contributed by atoms with Gasteiger partial charge in [0.1, 0.15) is 24.1 Å². The standard InChI is InChI=1S/C35H31ClF5N5O6/c1-19(2)28(30(47)35(40,41)33(50)44-18-34(37,38)39)45-32(49)29(23-7-9-25(51-3)10-8-23)46-31(48)27(15-20-5-4-6-24(36)12-20)52-26-13-21(16-42)11-22(14-26)17-43/h4-14,19,27-29H,15,18H2,1-3H3,(H,44,50)(H,45,49)(H,46,48)/t27-,28+,29+/m1/s1. The van der Waals surface area contributed by atoms with Crippen molar-refractivity contribution in [3.05, 3.63) is 94.0 Å². The van der Waals surface area contributed by atoms with E-state index in [1.807, 2.05) is 12.1 Å². The fraction of sp³-hybridized carbons (Fsp3) is 0.314. The minimum absolute atomic E-state index is 0.0414. The minimum Gasteiger partial charge on any atom is -0.497 e. The molecule has 3 atom stereocenters. The van der Waals surface area contributed by atoms with Crippen molar-refractivity contribution in [2.24, 2.45) is 5.92 Å². The smallest absolute Gasteiger partial charge is 0.405 e. The SMILES string of the molecule is COc1ccc([C@H](NC(=O)[C@@H](Cc2cccc(Cl)c2)Oc2cc(C#N)cc(C#N)c2)C(=O)N[C@H](C(=O)C(F)(F)C(=O)NCC(F)(F)F)C(C)C)cc1. The van der Waals surface area contributed by atoms with Crippen molar-refractivity contribution in [3.63, 3.8) is 0 Å². The van der Waals surface area contributed by atoms with Gasteiger partial charge in [-0.15, -0.1) is 0 Å². The first-order chi connectivity index (χ1) is 24.4. The predicted molar refractivity (Wildman–Crippen MR) is 175 cm³/mol. The summed E-state index contributed by atoms with van der Waals surface area (Å²) in [6, 6.07) is 15.7. The molecule has 11 nitrogen and oxygen atoms in total. The lowest BCUT2D eigenvalue weighted by atomic mass is 9.94. The fourth-order valence-corrected chi connectivity index (χ4v) is 4.94. The zero-order valence-electron chi connectivity index (χ0n) is 27.7. The van der Waals surface area contributed by atoms with E-state index in [0.29, 0.717) is 16.3 Å². The molecule has 0 aromatic heterocycles. The average molecular weight is 748 g/mol. The van der Waals surface area contributed by atoms with E-state index in [4.69, 9.17) is 21.1 Å². The number of hydrogen-bond acceptors (Lipinski definition) is 8. The molecule has 274 valence electrons. The summed E-state index contributed by atoms with van der Waals surface area (Å²) in [7, 11) is 1.36. The third kappa shape index (κ3) is 11.1. The van der Waals surface area contributed by atoms with Crippen molar-refractivity contribution >= 4 is 35.1 Å². The molecule has 0 aliphatic rings. The summed E-state index contributed by atoms with van der Waals surface area (Å²) in [5, 5.41) is 24.7. The summed E-state index contributed by atoms with van der Waals surface area (Å²) in [5.74, 6) is -12.7. The van der Waals surface area contributed by atoms with Crippen molar-refractivity contribution in [2.75, 3.05) is 13.7 Å². The Kier molecular flexibility index (Phi) is 13.7. The van der Waals surface area contributed by atoms with Gasteiger partial charge in [-0.3, -0.25) is 19.2 Å². The second-order valence-corrected chi connectivity index (χ2v) is 12.0. The zero-order valence-corrected chi connectivity index (χ0v) is 28.4. The van der Waals surface area contributed by atoms with Crippen molar-refractivity contribution in [1.82, 2.24) is 16.0 Å². The molecule has 0 radical (unpaired) electrons. The predicted octanol–water partition coefficient (Wildman–Crippen LogP) is 4.96. The Morgan fingerprint density at radius 3 is 1.98 bits per heavy atom. The molecule has 3 aromatic carbocycles. The number of halogens is 6. The first-order valence-electron chi connectivity index (χ1n) is 15.3. The van der Waals surface area contributed by atoms with Gasteiger partial charge >= 0.3 is 12.1 Å². The van der Waals surface area contributed by atoms with Gasteiger partial charge in [0.2, 0.25) is 11.7 Å². The van der Waals surface area contributed by atoms with Crippen LogP contribution in [0.25, 0.3) is 0 Å². The summed E-state index contributed by atoms with van der Waals surface area (Å²) in [6.07, 6.45) is -6.69. The normalized spacial score (nSPS) is 13.1. The number of nitrogens with one attached hydrogen (secondary N) is 3. The maximum Gasteiger partial charge on any atom is 0.405 e. The number of nitriles is 2. The number of carbonyl (C=O) groups is 4. The van der Waals surface area contributed by atoms with Gasteiger partial charge in [-0.05, 0) is 59.5 Å². The Morgan fingerprint density at radius 2 is 1.46 bits per heavy atom. The monoisotopic (exact) mass is 747 g/mol. The van der Waals surface area contributed by atoms with E-state index < -0.39 is 66.3 Å². The van der Waals surface area contributed by atoms with Crippen LogP contribution in [-0.4, -0.2) is 61.4 Å². The summed E-state index contributed by atoms with van der Waals surface area (Å²) in [4.78, 5) is 52.7. The maximum absolute atomic E-state index is 14.9. The molecule has 3 N–H and O–H groups in total. The number of amides is 3. The lowest BCUT2D eigenvalue weighted by Gasteiger charge is -2.28. The quantitative estimate of drug-likeness (QED) is 0.145. The number of rotatable bonds is 15. The number of hydrogen-bond donors (Lipinski definition) is 3. The van der Waals surface area contributed by atoms with Gasteiger partial charge in [0, 0.05) is 11.4 Å². The van der Waals surface area contributed by atoms with Crippen LogP contribution in [0.2, 0.25) is 5.02 Å². The molecule has 0 spiro atoms. The second-order valence-electron chi connectivity index (χ2n) is 11.6. The first-order valence-corrected chi connectivity index (χ1v) is 15.6. The van der Waals surface area contributed by atoms with Crippen LogP contribution in [-0.2, 0) is 25.6 Å². The molecule has 0 saturated heterocycles. The molecule has 3 aromatic rings. The van der Waals surface area contributed by atoms with Crippen molar-refractivity contribution in [3.8, 4) is 23.6 Å². The van der Waals surface area contributed by atoms with E-state index in [-0.39, 0.29) is 28.9 Å². The van der Waals surface area contributed by atoms with Crippen LogP contribution in [0.15, 0.2) is 66.7 Å². The highest BCUT2D eigenvalue weighted by atomic mass is 35.5. The first kappa shape index (κ1) is 40.7. The Bertz CT molecular complexity index is 1840. The Labute approximate surface area is 299 Å². The summed E-state index contributed by atoms with van der Waals surface area (Å²) >= 11 is 6.13. The topological polar surface area (TPSA) is 170 Å². The van der Waals surface area contributed by atoms with Crippen LogP contribution in [0, 0.1) is 28.6 Å². The van der Waals surface area contributed by atoms with Crippen LogP contribution in [0.3, 0.4) is 0 Å². The number of methoxy groups -OCH3 is 1. The minimum atomic E-state index is -5.05. The molecule has 17 heteroatoms. The molecule has 0 aliphatic carbocycles. The van der Waals surface area contributed by atoms with E-state index in [1.54, 1.807) is 18.2 Å². The largest absolute Gasteiger partial charge is 0.497 e. The van der Waals surface area contributed by atoms with Crippen LogP contribution < -0.4 is 25.4 Å². The van der Waals surface area contributed by atoms with Gasteiger partial charge in [0.15, 0.2) is 6.10 Å². The third-order valence-electron chi connectivity index (χ3n) is 7.33. The number of ether oxygens (including phenoxy) is 2. The van der Waals surface area contributed by atoms with Crippen molar-refractivity contribution < 1.29 is 50.6 Å². The number of carbonyl (C=O) groups excluding carboxylic acids is 4. The Hall–Kier alpha value is -5.74.